The second-order valence-corrected chi connectivity index (χ2v) is 7.40. The summed E-state index contributed by atoms with van der Waals surface area (Å²) in [6, 6.07) is 18.1. The maximum absolute atomic E-state index is 12.7. The molecule has 1 aliphatic heterocycles. The predicted octanol–water partition coefficient (Wildman–Crippen LogP) is 3.90. The minimum atomic E-state index is -0.492. The van der Waals surface area contributed by atoms with E-state index in [0.717, 1.165) is 16.8 Å². The molecule has 4 rings (SSSR count). The molecule has 4 nitrogen and oxygen atoms in total. The molecule has 2 aromatic carbocycles. The van der Waals surface area contributed by atoms with Crippen LogP contribution in [0.2, 0.25) is 0 Å². The summed E-state index contributed by atoms with van der Waals surface area (Å²) in [5.74, 6) is -0.196. The first-order valence-electron chi connectivity index (χ1n) is 9.13. The number of ether oxygens (including phenoxy) is 1. The zero-order valence-corrected chi connectivity index (χ0v) is 15.4. The van der Waals surface area contributed by atoms with Crippen molar-refractivity contribution >= 4 is 16.9 Å². The molecule has 0 unspecified atom stereocenters. The third-order valence-corrected chi connectivity index (χ3v) is 5.17. The molecular weight excluding hydrogens is 324 g/mol. The third kappa shape index (κ3) is 2.71. The van der Waals surface area contributed by atoms with Crippen LogP contribution in [0.25, 0.3) is 10.9 Å². The van der Waals surface area contributed by atoms with Crippen LogP contribution in [0.1, 0.15) is 37.6 Å². The maximum Gasteiger partial charge on any atom is 0.323 e. The van der Waals surface area contributed by atoms with E-state index in [1.165, 1.54) is 10.9 Å². The van der Waals surface area contributed by atoms with Crippen molar-refractivity contribution < 1.29 is 9.53 Å². The van der Waals surface area contributed by atoms with Crippen molar-refractivity contribution in [2.24, 2.45) is 0 Å². The summed E-state index contributed by atoms with van der Waals surface area (Å²) < 4.78 is 5.51. The zero-order chi connectivity index (χ0) is 18.3. The first-order valence-corrected chi connectivity index (χ1v) is 9.13. The van der Waals surface area contributed by atoms with Gasteiger partial charge in [-0.2, -0.15) is 0 Å². The fraction of sp³-hybridized carbons (Fsp3) is 0.318. The van der Waals surface area contributed by atoms with Crippen molar-refractivity contribution in [1.29, 1.82) is 0 Å². The first kappa shape index (κ1) is 16.9. The van der Waals surface area contributed by atoms with Gasteiger partial charge in [0.1, 0.15) is 6.04 Å². The number of fused-ring (bicyclic) bond motifs is 3. The number of para-hydroxylation sites is 1. The Bertz CT molecular complexity index is 945. The lowest BCUT2D eigenvalue weighted by atomic mass is 9.80. The molecule has 2 atom stereocenters. The lowest BCUT2D eigenvalue weighted by molar-refractivity contribution is -0.150. The van der Waals surface area contributed by atoms with Crippen molar-refractivity contribution in [3.63, 3.8) is 0 Å². The SMILES string of the molecule is CC(C)OC(=O)[C@@H]1Cc2c([nH]c3ccccc23)[C@](C)(c2ccccc2)N1. The highest BCUT2D eigenvalue weighted by molar-refractivity contribution is 5.87. The minimum Gasteiger partial charge on any atom is -0.462 e. The van der Waals surface area contributed by atoms with E-state index in [-0.39, 0.29) is 18.1 Å². The summed E-state index contributed by atoms with van der Waals surface area (Å²) in [7, 11) is 0. The standard InChI is InChI=1S/C22H24N2O2/c1-14(2)26-21(25)19-13-17-16-11-7-8-12-18(16)23-20(17)22(3,24-19)15-9-5-4-6-10-15/h4-12,14,19,23-24H,13H2,1-3H3/t19-,22-/m0/s1. The zero-order valence-electron chi connectivity index (χ0n) is 15.4. The fourth-order valence-electron chi connectivity index (χ4n) is 3.97. The molecule has 0 spiro atoms. The molecule has 2 N–H and O–H groups in total. The van der Waals surface area contributed by atoms with Gasteiger partial charge in [0.2, 0.25) is 0 Å². The highest BCUT2D eigenvalue weighted by atomic mass is 16.5. The number of rotatable bonds is 3. The Labute approximate surface area is 153 Å². The van der Waals surface area contributed by atoms with Crippen LogP contribution in [0.5, 0.6) is 0 Å². The van der Waals surface area contributed by atoms with E-state index < -0.39 is 5.54 Å². The van der Waals surface area contributed by atoms with Crippen LogP contribution in [0.4, 0.5) is 0 Å². The van der Waals surface area contributed by atoms with E-state index in [2.05, 4.69) is 41.5 Å². The number of benzene rings is 2. The average molecular weight is 348 g/mol. The van der Waals surface area contributed by atoms with Crippen molar-refractivity contribution in [2.75, 3.05) is 0 Å². The van der Waals surface area contributed by atoms with Crippen LogP contribution in [0, 0.1) is 0 Å². The van der Waals surface area contributed by atoms with Gasteiger partial charge in [0, 0.05) is 23.0 Å². The van der Waals surface area contributed by atoms with E-state index in [4.69, 9.17) is 4.74 Å². The Kier molecular flexibility index (Phi) is 4.08. The Morgan fingerprint density at radius 2 is 1.81 bits per heavy atom. The molecular formula is C22H24N2O2. The van der Waals surface area contributed by atoms with Crippen LogP contribution in [0.15, 0.2) is 54.6 Å². The average Bonchev–Trinajstić information content (AvgIpc) is 3.02. The number of carbonyl (C=O) groups excluding carboxylic acids is 1. The molecule has 3 aromatic rings. The van der Waals surface area contributed by atoms with Crippen LogP contribution in [0.3, 0.4) is 0 Å². The highest BCUT2D eigenvalue weighted by Gasteiger charge is 2.42. The minimum absolute atomic E-state index is 0.128. The van der Waals surface area contributed by atoms with Gasteiger partial charge in [-0.05, 0) is 38.0 Å². The molecule has 134 valence electrons. The van der Waals surface area contributed by atoms with Gasteiger partial charge in [0.15, 0.2) is 0 Å². The van der Waals surface area contributed by atoms with E-state index in [9.17, 15) is 4.79 Å². The Morgan fingerprint density at radius 1 is 1.12 bits per heavy atom. The van der Waals surface area contributed by atoms with Crippen LogP contribution >= 0.6 is 0 Å². The maximum atomic E-state index is 12.7. The summed E-state index contributed by atoms with van der Waals surface area (Å²) in [5.41, 5.74) is 4.04. The normalized spacial score (nSPS) is 22.4. The summed E-state index contributed by atoms with van der Waals surface area (Å²) in [6.45, 7) is 5.90. The number of esters is 1. The van der Waals surface area contributed by atoms with Gasteiger partial charge >= 0.3 is 5.97 Å². The van der Waals surface area contributed by atoms with Crippen molar-refractivity contribution in [1.82, 2.24) is 10.3 Å². The molecule has 0 saturated heterocycles. The van der Waals surface area contributed by atoms with E-state index in [1.54, 1.807) is 0 Å². The number of aromatic nitrogens is 1. The Morgan fingerprint density at radius 3 is 2.54 bits per heavy atom. The lowest BCUT2D eigenvalue weighted by Gasteiger charge is -2.39. The Balaban J connectivity index is 1.87. The van der Waals surface area contributed by atoms with Gasteiger partial charge in [-0.1, -0.05) is 48.5 Å². The van der Waals surface area contributed by atoms with Gasteiger partial charge in [-0.25, -0.2) is 0 Å². The van der Waals surface area contributed by atoms with Crippen LogP contribution in [-0.2, 0) is 21.5 Å². The number of hydrogen-bond acceptors (Lipinski definition) is 3. The summed E-state index contributed by atoms with van der Waals surface area (Å²) in [6.07, 6.45) is 0.490. The first-order chi connectivity index (χ1) is 12.5. The van der Waals surface area contributed by atoms with Gasteiger partial charge < -0.3 is 9.72 Å². The molecule has 1 aromatic heterocycles. The smallest absolute Gasteiger partial charge is 0.323 e. The van der Waals surface area contributed by atoms with Gasteiger partial charge in [0.05, 0.1) is 11.6 Å². The van der Waals surface area contributed by atoms with Crippen molar-refractivity contribution in [3.8, 4) is 0 Å². The molecule has 2 heterocycles. The Hall–Kier alpha value is -2.59. The van der Waals surface area contributed by atoms with E-state index >= 15 is 0 Å². The van der Waals surface area contributed by atoms with Crippen LogP contribution in [-0.4, -0.2) is 23.1 Å². The summed E-state index contributed by atoms with van der Waals surface area (Å²) in [4.78, 5) is 16.3. The molecule has 0 aliphatic carbocycles. The number of H-pyrrole nitrogens is 1. The molecule has 0 saturated carbocycles. The molecule has 0 radical (unpaired) electrons. The van der Waals surface area contributed by atoms with Crippen molar-refractivity contribution in [2.45, 2.75) is 44.9 Å². The second-order valence-electron chi connectivity index (χ2n) is 7.40. The molecule has 1 aliphatic rings. The van der Waals surface area contributed by atoms with Gasteiger partial charge in [-0.3, -0.25) is 10.1 Å². The number of carbonyl (C=O) groups is 1. The van der Waals surface area contributed by atoms with E-state index in [1.807, 2.05) is 44.2 Å². The topological polar surface area (TPSA) is 54.1 Å². The van der Waals surface area contributed by atoms with Gasteiger partial charge in [-0.15, -0.1) is 0 Å². The number of aromatic amines is 1. The second kappa shape index (κ2) is 6.29. The highest BCUT2D eigenvalue weighted by Crippen LogP contribution is 2.39. The number of nitrogens with one attached hydrogen (secondary N) is 2. The quantitative estimate of drug-likeness (QED) is 0.706. The molecule has 0 fully saturated rings. The molecule has 0 amide bonds. The van der Waals surface area contributed by atoms with Crippen molar-refractivity contribution in [3.05, 3.63) is 71.4 Å². The lowest BCUT2D eigenvalue weighted by Crippen LogP contribution is -2.55. The summed E-state index contributed by atoms with van der Waals surface area (Å²) in [5, 5.41) is 4.74. The number of hydrogen-bond donors (Lipinski definition) is 2. The largest absolute Gasteiger partial charge is 0.462 e. The van der Waals surface area contributed by atoms with Gasteiger partial charge in [0.25, 0.3) is 0 Å². The molecule has 4 heteroatoms. The predicted molar refractivity (Wildman–Crippen MR) is 103 cm³/mol. The molecule has 0 bridgehead atoms. The van der Waals surface area contributed by atoms with Crippen LogP contribution < -0.4 is 5.32 Å². The van der Waals surface area contributed by atoms with E-state index in [0.29, 0.717) is 6.42 Å². The summed E-state index contributed by atoms with van der Waals surface area (Å²) >= 11 is 0. The molecule has 26 heavy (non-hydrogen) atoms. The fourth-order valence-corrected chi connectivity index (χ4v) is 3.97. The third-order valence-electron chi connectivity index (χ3n) is 5.17. The monoisotopic (exact) mass is 348 g/mol.